The van der Waals surface area contributed by atoms with Crippen LogP contribution in [0.25, 0.3) is 0 Å². The first kappa shape index (κ1) is 16.4. The van der Waals surface area contributed by atoms with Crippen molar-refractivity contribution in [3.63, 3.8) is 0 Å². The van der Waals surface area contributed by atoms with Crippen molar-refractivity contribution < 1.29 is 4.79 Å². The summed E-state index contributed by atoms with van der Waals surface area (Å²) in [5.41, 5.74) is 0.193. The standard InChI is InChI=1S/C14H30N4O/c1-14(2,3)17-8-7-16-12-5-9-18(10-6-12)11-13(19)15-4/h12,16-17H,5-11H2,1-4H3,(H,15,19). The Balaban J connectivity index is 2.08. The van der Waals surface area contributed by atoms with E-state index in [4.69, 9.17) is 0 Å². The lowest BCUT2D eigenvalue weighted by atomic mass is 10.0. The average Bonchev–Trinajstić information content (AvgIpc) is 2.35. The van der Waals surface area contributed by atoms with E-state index in [-0.39, 0.29) is 11.4 Å². The third-order valence-corrected chi connectivity index (χ3v) is 3.45. The van der Waals surface area contributed by atoms with Crippen molar-refractivity contribution in [2.75, 3.05) is 39.8 Å². The number of likely N-dealkylation sites (tertiary alicyclic amines) is 1. The van der Waals surface area contributed by atoms with Crippen LogP contribution >= 0.6 is 0 Å². The molecule has 112 valence electrons. The minimum atomic E-state index is 0.112. The molecule has 1 amide bonds. The Bertz CT molecular complexity index is 267. The zero-order valence-corrected chi connectivity index (χ0v) is 12.9. The molecule has 1 aliphatic rings. The zero-order chi connectivity index (χ0) is 14.3. The molecule has 1 heterocycles. The van der Waals surface area contributed by atoms with E-state index < -0.39 is 0 Å². The van der Waals surface area contributed by atoms with E-state index >= 15 is 0 Å². The number of carbonyl (C=O) groups is 1. The van der Waals surface area contributed by atoms with E-state index in [2.05, 4.69) is 41.6 Å². The molecule has 0 aromatic heterocycles. The normalized spacial score (nSPS) is 18.5. The Morgan fingerprint density at radius 2 is 1.84 bits per heavy atom. The minimum Gasteiger partial charge on any atom is -0.358 e. The largest absolute Gasteiger partial charge is 0.358 e. The van der Waals surface area contributed by atoms with Crippen molar-refractivity contribution in [3.8, 4) is 0 Å². The number of nitrogens with zero attached hydrogens (tertiary/aromatic N) is 1. The molecule has 0 spiro atoms. The molecule has 0 atom stereocenters. The molecular formula is C14H30N4O. The van der Waals surface area contributed by atoms with Crippen LogP contribution in [0.3, 0.4) is 0 Å². The summed E-state index contributed by atoms with van der Waals surface area (Å²) in [4.78, 5) is 13.5. The summed E-state index contributed by atoms with van der Waals surface area (Å²) in [5, 5.41) is 9.75. The van der Waals surface area contributed by atoms with Crippen LogP contribution in [-0.4, -0.2) is 62.2 Å². The maximum Gasteiger partial charge on any atom is 0.233 e. The van der Waals surface area contributed by atoms with Crippen LogP contribution in [0.1, 0.15) is 33.6 Å². The predicted molar refractivity (Wildman–Crippen MR) is 79.3 cm³/mol. The Labute approximate surface area is 117 Å². The summed E-state index contributed by atoms with van der Waals surface area (Å²) in [6.07, 6.45) is 2.26. The second-order valence-electron chi connectivity index (χ2n) is 6.35. The van der Waals surface area contributed by atoms with Gasteiger partial charge in [-0.1, -0.05) is 0 Å². The first-order valence-corrected chi connectivity index (χ1v) is 7.32. The van der Waals surface area contributed by atoms with Crippen LogP contribution in [0.5, 0.6) is 0 Å². The molecular weight excluding hydrogens is 240 g/mol. The summed E-state index contributed by atoms with van der Waals surface area (Å²) in [5.74, 6) is 0.112. The van der Waals surface area contributed by atoms with Gasteiger partial charge < -0.3 is 16.0 Å². The minimum absolute atomic E-state index is 0.112. The highest BCUT2D eigenvalue weighted by atomic mass is 16.1. The number of amides is 1. The number of carbonyl (C=O) groups excluding carboxylic acids is 1. The monoisotopic (exact) mass is 270 g/mol. The van der Waals surface area contributed by atoms with Gasteiger partial charge >= 0.3 is 0 Å². The third kappa shape index (κ3) is 7.50. The molecule has 5 nitrogen and oxygen atoms in total. The smallest absolute Gasteiger partial charge is 0.233 e. The predicted octanol–water partition coefficient (Wildman–Crippen LogP) is 0.175. The number of hydrogen-bond donors (Lipinski definition) is 3. The van der Waals surface area contributed by atoms with Gasteiger partial charge in [0.1, 0.15) is 0 Å². The SMILES string of the molecule is CNC(=O)CN1CCC(NCCNC(C)(C)C)CC1. The molecule has 0 aromatic carbocycles. The second-order valence-corrected chi connectivity index (χ2v) is 6.35. The van der Waals surface area contributed by atoms with Crippen LogP contribution in [0.15, 0.2) is 0 Å². The molecule has 0 aliphatic carbocycles. The van der Waals surface area contributed by atoms with Crippen molar-refractivity contribution in [3.05, 3.63) is 0 Å². The molecule has 3 N–H and O–H groups in total. The molecule has 1 aliphatic heterocycles. The highest BCUT2D eigenvalue weighted by Crippen LogP contribution is 2.09. The van der Waals surface area contributed by atoms with Gasteiger partial charge in [0.15, 0.2) is 0 Å². The van der Waals surface area contributed by atoms with Gasteiger partial charge in [-0.25, -0.2) is 0 Å². The van der Waals surface area contributed by atoms with Gasteiger partial charge in [-0.15, -0.1) is 0 Å². The van der Waals surface area contributed by atoms with E-state index in [9.17, 15) is 4.79 Å². The van der Waals surface area contributed by atoms with Gasteiger partial charge in [-0.3, -0.25) is 9.69 Å². The lowest BCUT2D eigenvalue weighted by Gasteiger charge is -2.32. The Morgan fingerprint density at radius 3 is 2.37 bits per heavy atom. The third-order valence-electron chi connectivity index (χ3n) is 3.45. The van der Waals surface area contributed by atoms with Crippen molar-refractivity contribution in [2.45, 2.75) is 45.2 Å². The summed E-state index contributed by atoms with van der Waals surface area (Å²) < 4.78 is 0. The van der Waals surface area contributed by atoms with Crippen molar-refractivity contribution in [1.29, 1.82) is 0 Å². The van der Waals surface area contributed by atoms with E-state index in [0.29, 0.717) is 12.6 Å². The average molecular weight is 270 g/mol. The van der Waals surface area contributed by atoms with Gasteiger partial charge in [0.05, 0.1) is 6.54 Å². The number of likely N-dealkylation sites (N-methyl/N-ethyl adjacent to an activating group) is 1. The molecule has 0 radical (unpaired) electrons. The van der Waals surface area contributed by atoms with E-state index in [1.165, 1.54) is 0 Å². The number of rotatable bonds is 6. The maximum atomic E-state index is 11.3. The van der Waals surface area contributed by atoms with Crippen LogP contribution in [0, 0.1) is 0 Å². The molecule has 0 aromatic rings. The first-order valence-electron chi connectivity index (χ1n) is 7.32. The van der Waals surface area contributed by atoms with Crippen molar-refractivity contribution >= 4 is 5.91 Å². The molecule has 0 bridgehead atoms. The van der Waals surface area contributed by atoms with Crippen molar-refractivity contribution in [1.82, 2.24) is 20.9 Å². The topological polar surface area (TPSA) is 56.4 Å². The summed E-state index contributed by atoms with van der Waals surface area (Å²) in [6.45, 7) is 11.1. The summed E-state index contributed by atoms with van der Waals surface area (Å²) in [7, 11) is 1.69. The molecule has 19 heavy (non-hydrogen) atoms. The highest BCUT2D eigenvalue weighted by Gasteiger charge is 2.20. The highest BCUT2D eigenvalue weighted by molar-refractivity contribution is 5.77. The van der Waals surface area contributed by atoms with Gasteiger partial charge in [0.25, 0.3) is 0 Å². The second kappa shape index (κ2) is 7.82. The van der Waals surface area contributed by atoms with Gasteiger partial charge in [0.2, 0.25) is 5.91 Å². The van der Waals surface area contributed by atoms with Gasteiger partial charge in [-0.2, -0.15) is 0 Å². The molecule has 1 saturated heterocycles. The maximum absolute atomic E-state index is 11.3. The fourth-order valence-corrected chi connectivity index (χ4v) is 2.29. The molecule has 5 heteroatoms. The lowest BCUT2D eigenvalue weighted by molar-refractivity contribution is -0.122. The lowest BCUT2D eigenvalue weighted by Crippen LogP contribution is -2.47. The van der Waals surface area contributed by atoms with Crippen LogP contribution < -0.4 is 16.0 Å². The van der Waals surface area contributed by atoms with Crippen LogP contribution in [0.2, 0.25) is 0 Å². The number of hydrogen-bond acceptors (Lipinski definition) is 4. The van der Waals surface area contributed by atoms with Crippen molar-refractivity contribution in [2.24, 2.45) is 0 Å². The number of piperidine rings is 1. The van der Waals surface area contributed by atoms with Crippen LogP contribution in [0.4, 0.5) is 0 Å². The summed E-state index contributed by atoms with van der Waals surface area (Å²) >= 11 is 0. The van der Waals surface area contributed by atoms with E-state index in [0.717, 1.165) is 39.0 Å². The van der Waals surface area contributed by atoms with Crippen LogP contribution in [-0.2, 0) is 4.79 Å². The molecule has 0 saturated carbocycles. The molecule has 1 rings (SSSR count). The zero-order valence-electron chi connectivity index (χ0n) is 12.9. The summed E-state index contributed by atoms with van der Waals surface area (Å²) in [6, 6.07) is 0.600. The first-order chi connectivity index (χ1) is 8.90. The fourth-order valence-electron chi connectivity index (χ4n) is 2.29. The molecule has 0 unspecified atom stereocenters. The number of nitrogens with one attached hydrogen (secondary N) is 3. The van der Waals surface area contributed by atoms with E-state index in [1.807, 2.05) is 0 Å². The Morgan fingerprint density at radius 1 is 1.21 bits per heavy atom. The quantitative estimate of drug-likeness (QED) is 0.603. The fraction of sp³-hybridized carbons (Fsp3) is 0.929. The van der Waals surface area contributed by atoms with Gasteiger partial charge in [-0.05, 0) is 33.6 Å². The molecule has 1 fully saturated rings. The van der Waals surface area contributed by atoms with Gasteiger partial charge in [0, 0.05) is 44.8 Å². The Kier molecular flexibility index (Phi) is 6.75. The van der Waals surface area contributed by atoms with E-state index in [1.54, 1.807) is 7.05 Å². The Hall–Kier alpha value is -0.650.